The number of rotatable bonds is 5. The van der Waals surface area contributed by atoms with Crippen molar-refractivity contribution >= 4 is 16.7 Å². The van der Waals surface area contributed by atoms with E-state index in [1.165, 1.54) is 0 Å². The van der Waals surface area contributed by atoms with E-state index in [1.807, 2.05) is 20.8 Å². The molecular formula is C12H21N3O2S. The van der Waals surface area contributed by atoms with E-state index in [0.29, 0.717) is 17.4 Å². The zero-order valence-electron chi connectivity index (χ0n) is 11.6. The number of carbonyl (C=O) groups is 1. The van der Waals surface area contributed by atoms with Gasteiger partial charge in [0.1, 0.15) is 5.69 Å². The van der Waals surface area contributed by atoms with Crippen LogP contribution in [0.5, 0.6) is 0 Å². The van der Waals surface area contributed by atoms with Crippen molar-refractivity contribution in [3.63, 3.8) is 0 Å². The minimum absolute atomic E-state index is 0.110. The van der Waals surface area contributed by atoms with Gasteiger partial charge in [-0.25, -0.2) is 0 Å². The third kappa shape index (κ3) is 3.94. The summed E-state index contributed by atoms with van der Waals surface area (Å²) < 4.78 is 12.7. The van der Waals surface area contributed by atoms with E-state index in [9.17, 15) is 9.00 Å². The monoisotopic (exact) mass is 271 g/mol. The van der Waals surface area contributed by atoms with Gasteiger partial charge in [0.25, 0.3) is 5.91 Å². The Bertz CT molecular complexity index is 454. The van der Waals surface area contributed by atoms with E-state index in [4.69, 9.17) is 0 Å². The topological polar surface area (TPSA) is 64.0 Å². The average Bonchev–Trinajstić information content (AvgIpc) is 2.58. The molecule has 0 fully saturated rings. The number of hydrogen-bond donors (Lipinski definition) is 1. The summed E-state index contributed by atoms with van der Waals surface area (Å²) in [6, 6.07) is 1.69. The Morgan fingerprint density at radius 1 is 1.50 bits per heavy atom. The van der Waals surface area contributed by atoms with Crippen molar-refractivity contribution in [1.82, 2.24) is 15.1 Å². The molecule has 2 atom stereocenters. The molecule has 1 N–H and O–H groups in total. The lowest BCUT2D eigenvalue weighted by molar-refractivity contribution is 0.0934. The van der Waals surface area contributed by atoms with Gasteiger partial charge in [-0.15, -0.1) is 0 Å². The molecule has 0 aromatic carbocycles. The van der Waals surface area contributed by atoms with Crippen LogP contribution >= 0.6 is 0 Å². The molecule has 102 valence electrons. The summed E-state index contributed by atoms with van der Waals surface area (Å²) in [4.78, 5) is 12.0. The molecule has 0 saturated carbocycles. The van der Waals surface area contributed by atoms with Gasteiger partial charge in [0.15, 0.2) is 0 Å². The van der Waals surface area contributed by atoms with Crippen LogP contribution in [0.2, 0.25) is 0 Å². The Labute approximate surface area is 110 Å². The van der Waals surface area contributed by atoms with Crippen molar-refractivity contribution in [3.05, 3.63) is 17.5 Å². The Morgan fingerprint density at radius 3 is 2.56 bits per heavy atom. The second kappa shape index (κ2) is 6.13. The lowest BCUT2D eigenvalue weighted by Gasteiger charge is -2.12. The van der Waals surface area contributed by atoms with Crippen molar-refractivity contribution in [2.45, 2.75) is 32.7 Å². The van der Waals surface area contributed by atoms with E-state index < -0.39 is 10.8 Å². The highest BCUT2D eigenvalue weighted by Gasteiger charge is 2.17. The number of amides is 1. The first-order valence-corrected chi connectivity index (χ1v) is 7.68. The summed E-state index contributed by atoms with van der Waals surface area (Å²) in [7, 11) is 0.840. The number of aromatic nitrogens is 2. The van der Waals surface area contributed by atoms with Crippen molar-refractivity contribution in [3.8, 4) is 0 Å². The van der Waals surface area contributed by atoms with Gasteiger partial charge in [-0.3, -0.25) is 13.7 Å². The molecule has 1 aromatic heterocycles. The molecule has 18 heavy (non-hydrogen) atoms. The van der Waals surface area contributed by atoms with Crippen LogP contribution in [0.25, 0.3) is 0 Å². The molecule has 1 heterocycles. The maximum Gasteiger partial charge on any atom is 0.269 e. The average molecular weight is 271 g/mol. The number of carbonyl (C=O) groups excluding carboxylic acids is 1. The Kier molecular flexibility index (Phi) is 5.07. The van der Waals surface area contributed by atoms with Gasteiger partial charge >= 0.3 is 0 Å². The smallest absolute Gasteiger partial charge is 0.269 e. The fourth-order valence-corrected chi connectivity index (χ4v) is 2.46. The molecule has 0 aliphatic carbocycles. The predicted molar refractivity (Wildman–Crippen MR) is 73.2 cm³/mol. The van der Waals surface area contributed by atoms with Gasteiger partial charge in [0.2, 0.25) is 0 Å². The third-order valence-corrected chi connectivity index (χ3v) is 3.55. The lowest BCUT2D eigenvalue weighted by Crippen LogP contribution is -2.37. The van der Waals surface area contributed by atoms with Crippen LogP contribution in [-0.4, -0.2) is 37.9 Å². The summed E-state index contributed by atoms with van der Waals surface area (Å²) in [5.41, 5.74) is 1.43. The van der Waals surface area contributed by atoms with Gasteiger partial charge < -0.3 is 5.32 Å². The summed E-state index contributed by atoms with van der Waals surface area (Å²) in [6.07, 6.45) is 1.63. The van der Waals surface area contributed by atoms with E-state index in [1.54, 1.807) is 24.1 Å². The van der Waals surface area contributed by atoms with Crippen LogP contribution in [0, 0.1) is 0 Å². The van der Waals surface area contributed by atoms with Gasteiger partial charge in [0.05, 0.1) is 5.69 Å². The van der Waals surface area contributed by atoms with Crippen LogP contribution in [-0.2, 0) is 17.8 Å². The summed E-state index contributed by atoms with van der Waals surface area (Å²) in [5, 5.41) is 7.12. The fraction of sp³-hybridized carbons (Fsp3) is 0.667. The minimum Gasteiger partial charge on any atom is -0.347 e. The summed E-state index contributed by atoms with van der Waals surface area (Å²) >= 11 is 0. The Balaban J connectivity index is 2.75. The largest absolute Gasteiger partial charge is 0.347 e. The van der Waals surface area contributed by atoms with Gasteiger partial charge in [0, 0.05) is 35.9 Å². The van der Waals surface area contributed by atoms with Crippen LogP contribution in [0.1, 0.15) is 42.9 Å². The van der Waals surface area contributed by atoms with Gasteiger partial charge in [-0.05, 0) is 18.9 Å². The van der Waals surface area contributed by atoms with Crippen LogP contribution in [0.15, 0.2) is 6.07 Å². The maximum absolute atomic E-state index is 12.0. The quantitative estimate of drug-likeness (QED) is 0.870. The van der Waals surface area contributed by atoms with E-state index in [2.05, 4.69) is 10.4 Å². The molecule has 0 bridgehead atoms. The van der Waals surface area contributed by atoms with E-state index >= 15 is 0 Å². The predicted octanol–water partition coefficient (Wildman–Crippen LogP) is 1.04. The second-order valence-corrected chi connectivity index (χ2v) is 6.33. The number of aryl methyl sites for hydroxylation is 1. The first-order chi connectivity index (χ1) is 8.31. The van der Waals surface area contributed by atoms with E-state index in [-0.39, 0.29) is 11.9 Å². The highest BCUT2D eigenvalue weighted by Crippen LogP contribution is 2.13. The first-order valence-electron chi connectivity index (χ1n) is 5.96. The molecule has 0 saturated heterocycles. The maximum atomic E-state index is 12.0. The normalized spacial score (nSPS) is 14.6. The molecule has 0 aliphatic rings. The molecule has 0 spiro atoms. The van der Waals surface area contributed by atoms with Crippen molar-refractivity contribution in [2.24, 2.45) is 7.05 Å². The molecule has 1 aromatic rings. The van der Waals surface area contributed by atoms with Gasteiger partial charge in [-0.2, -0.15) is 5.10 Å². The molecule has 0 radical (unpaired) electrons. The fourth-order valence-electron chi connectivity index (χ4n) is 1.68. The summed E-state index contributed by atoms with van der Waals surface area (Å²) in [6.45, 7) is 5.92. The molecule has 1 rings (SSSR count). The van der Waals surface area contributed by atoms with E-state index in [0.717, 1.165) is 5.69 Å². The van der Waals surface area contributed by atoms with Crippen molar-refractivity contribution < 1.29 is 9.00 Å². The number of hydrogen-bond acceptors (Lipinski definition) is 3. The zero-order chi connectivity index (χ0) is 13.9. The highest BCUT2D eigenvalue weighted by molar-refractivity contribution is 7.84. The molecule has 1 amide bonds. The standard InChI is InChI=1S/C12H21N3O2S/c1-8(2)10-6-11(15(4)14-10)12(16)13-9(3)7-18(5)17/h6,8-9H,7H2,1-5H3,(H,13,16)/t9-,18-/m1/s1. The highest BCUT2D eigenvalue weighted by atomic mass is 32.2. The Morgan fingerprint density at radius 2 is 2.11 bits per heavy atom. The SMILES string of the molecule is CC(C)c1cc(C(=O)N[C@H](C)C[S@@](C)=O)n(C)n1. The zero-order valence-corrected chi connectivity index (χ0v) is 12.4. The summed E-state index contributed by atoms with van der Waals surface area (Å²) in [5.74, 6) is 0.578. The number of nitrogens with one attached hydrogen (secondary N) is 1. The van der Waals surface area contributed by atoms with Crippen molar-refractivity contribution in [1.29, 1.82) is 0 Å². The first kappa shape index (κ1) is 14.9. The van der Waals surface area contributed by atoms with Crippen molar-refractivity contribution in [2.75, 3.05) is 12.0 Å². The van der Waals surface area contributed by atoms with Gasteiger partial charge in [-0.1, -0.05) is 13.8 Å². The van der Waals surface area contributed by atoms with Crippen LogP contribution < -0.4 is 5.32 Å². The number of nitrogens with zero attached hydrogens (tertiary/aromatic N) is 2. The molecule has 6 heteroatoms. The van der Waals surface area contributed by atoms with Crippen LogP contribution in [0.3, 0.4) is 0 Å². The minimum atomic E-state index is -0.913. The molecule has 0 aliphatic heterocycles. The second-order valence-electron chi connectivity index (χ2n) is 4.85. The lowest BCUT2D eigenvalue weighted by atomic mass is 10.1. The molecule has 5 nitrogen and oxygen atoms in total. The molecular weight excluding hydrogens is 250 g/mol. The third-order valence-electron chi connectivity index (χ3n) is 2.59. The Hall–Kier alpha value is -1.17. The molecule has 0 unspecified atom stereocenters. The van der Waals surface area contributed by atoms with Crippen LogP contribution in [0.4, 0.5) is 0 Å².